The van der Waals surface area contributed by atoms with Crippen molar-refractivity contribution in [1.82, 2.24) is 24.7 Å². The van der Waals surface area contributed by atoms with Gasteiger partial charge in [0.2, 0.25) is 0 Å². The van der Waals surface area contributed by atoms with E-state index in [0.717, 1.165) is 5.69 Å². The SMILES string of the molecule is Cc1noc(C)c1C(=O)N1CC(n2cc(N3CCN(C)C3=O)cn2)C1. The molecule has 0 N–H and O–H groups in total. The molecule has 2 aromatic rings. The van der Waals surface area contributed by atoms with Gasteiger partial charge in [-0.1, -0.05) is 5.16 Å². The van der Waals surface area contributed by atoms with E-state index < -0.39 is 0 Å². The molecule has 0 unspecified atom stereocenters. The van der Waals surface area contributed by atoms with E-state index in [-0.39, 0.29) is 18.0 Å². The Kier molecular flexibility index (Phi) is 3.52. The van der Waals surface area contributed by atoms with Gasteiger partial charge in [0.25, 0.3) is 5.91 Å². The van der Waals surface area contributed by atoms with Gasteiger partial charge in [0, 0.05) is 39.4 Å². The fraction of sp³-hybridized carbons (Fsp3) is 0.500. The van der Waals surface area contributed by atoms with Crippen LogP contribution in [0.5, 0.6) is 0 Å². The van der Waals surface area contributed by atoms with E-state index in [0.29, 0.717) is 43.2 Å². The zero-order valence-electron chi connectivity index (χ0n) is 14.5. The van der Waals surface area contributed by atoms with Gasteiger partial charge < -0.3 is 14.3 Å². The highest BCUT2D eigenvalue weighted by atomic mass is 16.5. The molecule has 2 aliphatic rings. The smallest absolute Gasteiger partial charge is 0.324 e. The summed E-state index contributed by atoms with van der Waals surface area (Å²) in [5.74, 6) is 0.486. The quantitative estimate of drug-likeness (QED) is 0.831. The number of nitrogens with zero attached hydrogens (tertiary/aromatic N) is 6. The monoisotopic (exact) mass is 344 g/mol. The van der Waals surface area contributed by atoms with Crippen LogP contribution in [0.3, 0.4) is 0 Å². The maximum atomic E-state index is 12.5. The Bertz CT molecular complexity index is 815. The minimum absolute atomic E-state index is 0.0108. The summed E-state index contributed by atoms with van der Waals surface area (Å²) in [6.07, 6.45) is 3.58. The van der Waals surface area contributed by atoms with Gasteiger partial charge in [-0.05, 0) is 13.8 Å². The van der Waals surface area contributed by atoms with Crippen LogP contribution in [0.2, 0.25) is 0 Å². The predicted molar refractivity (Wildman–Crippen MR) is 88.5 cm³/mol. The molecule has 25 heavy (non-hydrogen) atoms. The fourth-order valence-corrected chi connectivity index (χ4v) is 3.29. The predicted octanol–water partition coefficient (Wildman–Crippen LogP) is 1.06. The lowest BCUT2D eigenvalue weighted by molar-refractivity contribution is 0.0499. The number of likely N-dealkylation sites (tertiary alicyclic amines) is 1. The molecule has 2 aliphatic heterocycles. The molecule has 0 aromatic carbocycles. The Hall–Kier alpha value is -2.84. The van der Waals surface area contributed by atoms with E-state index in [4.69, 9.17) is 4.52 Å². The van der Waals surface area contributed by atoms with Crippen molar-refractivity contribution in [2.75, 3.05) is 38.1 Å². The summed E-state index contributed by atoms with van der Waals surface area (Å²) in [5.41, 5.74) is 1.96. The standard InChI is InChI=1S/C16H20N6O3/c1-10-14(11(2)25-18-10)15(23)20-7-13(8-20)22-9-12(6-17-22)21-5-4-19(3)16(21)24/h6,9,13H,4-5,7-8H2,1-3H3. The van der Waals surface area contributed by atoms with Gasteiger partial charge in [-0.25, -0.2) is 4.79 Å². The Morgan fingerprint density at radius 3 is 2.64 bits per heavy atom. The average molecular weight is 344 g/mol. The second-order valence-corrected chi connectivity index (χ2v) is 6.60. The van der Waals surface area contributed by atoms with Crippen LogP contribution in [0, 0.1) is 13.8 Å². The molecule has 2 fully saturated rings. The van der Waals surface area contributed by atoms with Crippen LogP contribution in [0.15, 0.2) is 16.9 Å². The lowest BCUT2D eigenvalue weighted by Crippen LogP contribution is -2.51. The van der Waals surface area contributed by atoms with Gasteiger partial charge in [0.1, 0.15) is 11.3 Å². The van der Waals surface area contributed by atoms with Crippen LogP contribution in [0.4, 0.5) is 10.5 Å². The first kappa shape index (κ1) is 15.7. The molecule has 0 aliphatic carbocycles. The number of aromatic nitrogens is 3. The third-order valence-electron chi connectivity index (χ3n) is 4.89. The Morgan fingerprint density at radius 2 is 2.04 bits per heavy atom. The van der Waals surface area contributed by atoms with E-state index in [1.165, 1.54) is 0 Å². The molecule has 4 heterocycles. The molecule has 0 saturated carbocycles. The number of hydrogen-bond acceptors (Lipinski definition) is 5. The van der Waals surface area contributed by atoms with E-state index in [2.05, 4.69) is 10.3 Å². The minimum Gasteiger partial charge on any atom is -0.361 e. The molecular weight excluding hydrogens is 324 g/mol. The average Bonchev–Trinajstić information content (AvgIpc) is 3.20. The molecule has 3 amide bonds. The van der Waals surface area contributed by atoms with Crippen molar-refractivity contribution in [2.24, 2.45) is 0 Å². The molecule has 0 bridgehead atoms. The van der Waals surface area contributed by atoms with Crippen LogP contribution in [0.25, 0.3) is 0 Å². The van der Waals surface area contributed by atoms with Crippen LogP contribution in [-0.4, -0.2) is 69.9 Å². The lowest BCUT2D eigenvalue weighted by atomic mass is 10.1. The third-order valence-corrected chi connectivity index (χ3v) is 4.89. The summed E-state index contributed by atoms with van der Waals surface area (Å²) in [5, 5.41) is 8.20. The van der Waals surface area contributed by atoms with Crippen molar-refractivity contribution < 1.29 is 14.1 Å². The van der Waals surface area contributed by atoms with Crippen molar-refractivity contribution in [2.45, 2.75) is 19.9 Å². The molecule has 132 valence electrons. The van der Waals surface area contributed by atoms with Crippen LogP contribution in [-0.2, 0) is 0 Å². The fourth-order valence-electron chi connectivity index (χ4n) is 3.29. The molecule has 9 heteroatoms. The number of urea groups is 1. The van der Waals surface area contributed by atoms with E-state index in [1.54, 1.807) is 41.8 Å². The van der Waals surface area contributed by atoms with Crippen molar-refractivity contribution >= 4 is 17.6 Å². The topological polar surface area (TPSA) is 87.7 Å². The zero-order valence-corrected chi connectivity index (χ0v) is 14.5. The molecule has 2 saturated heterocycles. The summed E-state index contributed by atoms with van der Waals surface area (Å²) in [4.78, 5) is 29.7. The van der Waals surface area contributed by atoms with Crippen molar-refractivity contribution in [3.05, 3.63) is 29.4 Å². The van der Waals surface area contributed by atoms with Gasteiger partial charge >= 0.3 is 6.03 Å². The Morgan fingerprint density at radius 1 is 1.28 bits per heavy atom. The zero-order chi connectivity index (χ0) is 17.7. The molecular formula is C16H20N6O3. The number of carbonyl (C=O) groups is 2. The van der Waals surface area contributed by atoms with Gasteiger partial charge in [0.05, 0.1) is 23.6 Å². The van der Waals surface area contributed by atoms with Crippen molar-refractivity contribution in [3.63, 3.8) is 0 Å². The van der Waals surface area contributed by atoms with E-state index in [9.17, 15) is 9.59 Å². The first-order valence-electron chi connectivity index (χ1n) is 8.24. The number of rotatable bonds is 3. The summed E-state index contributed by atoms with van der Waals surface area (Å²) in [6.45, 7) is 6.06. The second-order valence-electron chi connectivity index (χ2n) is 6.60. The van der Waals surface area contributed by atoms with Gasteiger partial charge in [-0.2, -0.15) is 5.10 Å². The highest BCUT2D eigenvalue weighted by molar-refractivity contribution is 5.96. The first-order chi connectivity index (χ1) is 12.0. The lowest BCUT2D eigenvalue weighted by Gasteiger charge is -2.39. The van der Waals surface area contributed by atoms with Crippen LogP contribution in [0.1, 0.15) is 27.9 Å². The maximum Gasteiger partial charge on any atom is 0.324 e. The minimum atomic E-state index is -0.0591. The number of anilines is 1. The number of likely N-dealkylation sites (N-methyl/N-ethyl adjacent to an activating group) is 1. The number of aryl methyl sites for hydroxylation is 2. The highest BCUT2D eigenvalue weighted by Gasteiger charge is 2.36. The summed E-state index contributed by atoms with van der Waals surface area (Å²) in [7, 11) is 1.79. The van der Waals surface area contributed by atoms with Crippen molar-refractivity contribution in [3.8, 4) is 0 Å². The Labute approximate surface area is 144 Å². The molecule has 0 atom stereocenters. The largest absolute Gasteiger partial charge is 0.361 e. The molecule has 2 aromatic heterocycles. The molecule has 9 nitrogen and oxygen atoms in total. The number of hydrogen-bond donors (Lipinski definition) is 0. The number of carbonyl (C=O) groups excluding carboxylic acids is 2. The first-order valence-corrected chi connectivity index (χ1v) is 8.24. The van der Waals surface area contributed by atoms with Crippen LogP contribution >= 0.6 is 0 Å². The summed E-state index contributed by atoms with van der Waals surface area (Å²) < 4.78 is 6.90. The summed E-state index contributed by atoms with van der Waals surface area (Å²) in [6, 6.07) is 0.108. The molecule has 4 rings (SSSR count). The third kappa shape index (κ3) is 2.46. The van der Waals surface area contributed by atoms with Crippen molar-refractivity contribution in [1.29, 1.82) is 0 Å². The highest BCUT2D eigenvalue weighted by Crippen LogP contribution is 2.27. The van der Waals surface area contributed by atoms with Gasteiger partial charge in [0.15, 0.2) is 0 Å². The molecule has 0 radical (unpaired) electrons. The van der Waals surface area contributed by atoms with E-state index >= 15 is 0 Å². The van der Waals surface area contributed by atoms with Crippen LogP contribution < -0.4 is 4.90 Å². The Balaban J connectivity index is 1.42. The van der Waals surface area contributed by atoms with E-state index in [1.807, 2.05) is 10.9 Å². The summed E-state index contributed by atoms with van der Waals surface area (Å²) >= 11 is 0. The van der Waals surface area contributed by atoms with Gasteiger partial charge in [-0.3, -0.25) is 14.4 Å². The maximum absolute atomic E-state index is 12.5. The van der Waals surface area contributed by atoms with Gasteiger partial charge in [-0.15, -0.1) is 0 Å². The second kappa shape index (κ2) is 5.61. The number of amides is 3. The molecule has 0 spiro atoms. The normalized spacial score (nSPS) is 18.2.